The van der Waals surface area contributed by atoms with E-state index in [9.17, 15) is 4.79 Å². The molecule has 0 heterocycles. The van der Waals surface area contributed by atoms with Gasteiger partial charge in [0.05, 0.1) is 13.7 Å². The summed E-state index contributed by atoms with van der Waals surface area (Å²) in [5, 5.41) is 0.856. The van der Waals surface area contributed by atoms with E-state index in [-0.39, 0.29) is 5.97 Å². The number of rotatable bonds is 9. The molecule has 0 aliphatic rings. The van der Waals surface area contributed by atoms with Crippen molar-refractivity contribution in [3.05, 3.63) is 11.1 Å². The van der Waals surface area contributed by atoms with Gasteiger partial charge in [-0.1, -0.05) is 24.4 Å². The molecule has 0 fully saturated rings. The van der Waals surface area contributed by atoms with Gasteiger partial charge in [-0.25, -0.2) is 0 Å². The van der Waals surface area contributed by atoms with E-state index in [0.717, 1.165) is 37.1 Å². The van der Waals surface area contributed by atoms with Crippen LogP contribution in [0.25, 0.3) is 0 Å². The summed E-state index contributed by atoms with van der Waals surface area (Å²) in [5.41, 5.74) is 0. The summed E-state index contributed by atoms with van der Waals surface area (Å²) in [6.07, 6.45) is 7.38. The van der Waals surface area contributed by atoms with Crippen LogP contribution in [-0.2, 0) is 14.3 Å². The minimum absolute atomic E-state index is 0.127. The number of allylic oxidation sites excluding steroid dienone is 1. The van der Waals surface area contributed by atoms with Crippen molar-refractivity contribution in [3.8, 4) is 0 Å². The van der Waals surface area contributed by atoms with Gasteiger partial charge in [0.2, 0.25) is 0 Å². The minimum atomic E-state index is -0.127. The molecule has 0 saturated heterocycles. The van der Waals surface area contributed by atoms with Crippen LogP contribution in [0.1, 0.15) is 38.5 Å². The summed E-state index contributed by atoms with van der Waals surface area (Å²) in [6, 6.07) is 0. The third kappa shape index (κ3) is 9.99. The molecular formula is C12H21ClO3. The highest BCUT2D eigenvalue weighted by Gasteiger charge is 1.99. The van der Waals surface area contributed by atoms with Gasteiger partial charge >= 0.3 is 5.97 Å². The van der Waals surface area contributed by atoms with E-state index in [2.05, 4.69) is 4.74 Å². The van der Waals surface area contributed by atoms with E-state index < -0.39 is 0 Å². The SMILES string of the molecule is COCC=C(Cl)CCCCCCC(=O)OC. The number of hydrogen-bond acceptors (Lipinski definition) is 3. The fourth-order valence-electron chi connectivity index (χ4n) is 1.29. The topological polar surface area (TPSA) is 35.5 Å². The van der Waals surface area contributed by atoms with Gasteiger partial charge < -0.3 is 9.47 Å². The molecule has 94 valence electrons. The third-order valence-corrected chi connectivity index (χ3v) is 2.59. The van der Waals surface area contributed by atoms with E-state index in [1.54, 1.807) is 7.11 Å². The van der Waals surface area contributed by atoms with Crippen LogP contribution in [0.15, 0.2) is 11.1 Å². The summed E-state index contributed by atoms with van der Waals surface area (Å²) in [6.45, 7) is 0.571. The van der Waals surface area contributed by atoms with Crippen LogP contribution in [0, 0.1) is 0 Å². The van der Waals surface area contributed by atoms with E-state index in [1.165, 1.54) is 7.11 Å². The van der Waals surface area contributed by atoms with Crippen molar-refractivity contribution in [2.45, 2.75) is 38.5 Å². The van der Waals surface area contributed by atoms with Gasteiger partial charge in [0.1, 0.15) is 0 Å². The summed E-state index contributed by atoms with van der Waals surface area (Å²) >= 11 is 5.95. The molecule has 0 saturated carbocycles. The molecule has 3 nitrogen and oxygen atoms in total. The van der Waals surface area contributed by atoms with Crippen molar-refractivity contribution in [3.63, 3.8) is 0 Å². The average molecular weight is 249 g/mol. The quantitative estimate of drug-likeness (QED) is 0.464. The summed E-state index contributed by atoms with van der Waals surface area (Å²) in [4.78, 5) is 10.8. The number of methoxy groups -OCH3 is 2. The molecule has 0 radical (unpaired) electrons. The third-order valence-electron chi connectivity index (χ3n) is 2.25. The number of hydrogen-bond donors (Lipinski definition) is 0. The highest BCUT2D eigenvalue weighted by Crippen LogP contribution is 2.14. The van der Waals surface area contributed by atoms with Crippen molar-refractivity contribution >= 4 is 17.6 Å². The first kappa shape index (κ1) is 15.5. The first-order valence-electron chi connectivity index (χ1n) is 5.61. The van der Waals surface area contributed by atoms with Crippen LogP contribution in [0.5, 0.6) is 0 Å². The van der Waals surface area contributed by atoms with Crippen LogP contribution in [-0.4, -0.2) is 26.8 Å². The van der Waals surface area contributed by atoms with Crippen LogP contribution in [0.3, 0.4) is 0 Å². The number of unbranched alkanes of at least 4 members (excludes halogenated alkanes) is 3. The summed E-state index contributed by atoms with van der Waals surface area (Å²) in [5.74, 6) is -0.127. The molecule has 4 heteroatoms. The largest absolute Gasteiger partial charge is 0.469 e. The van der Waals surface area contributed by atoms with E-state index in [4.69, 9.17) is 16.3 Å². The minimum Gasteiger partial charge on any atom is -0.469 e. The predicted octanol–water partition coefficient (Wildman–Crippen LogP) is 3.27. The Morgan fingerprint density at radius 3 is 2.31 bits per heavy atom. The molecule has 0 aromatic carbocycles. The maximum atomic E-state index is 10.8. The second-order valence-corrected chi connectivity index (χ2v) is 4.08. The van der Waals surface area contributed by atoms with E-state index in [1.807, 2.05) is 6.08 Å². The monoisotopic (exact) mass is 248 g/mol. The molecule has 0 aromatic heterocycles. The average Bonchev–Trinajstić information content (AvgIpc) is 2.30. The number of esters is 1. The molecule has 0 bridgehead atoms. The molecule has 0 atom stereocenters. The fraction of sp³-hybridized carbons (Fsp3) is 0.750. The van der Waals surface area contributed by atoms with Gasteiger partial charge in [-0.05, 0) is 25.3 Å². The molecule has 0 unspecified atom stereocenters. The van der Waals surface area contributed by atoms with Crippen molar-refractivity contribution in [2.24, 2.45) is 0 Å². The van der Waals surface area contributed by atoms with Crippen molar-refractivity contribution in [1.29, 1.82) is 0 Å². The Kier molecular flexibility index (Phi) is 10.6. The maximum absolute atomic E-state index is 10.8. The highest BCUT2D eigenvalue weighted by molar-refractivity contribution is 6.29. The standard InChI is InChI=1S/C12H21ClO3/c1-15-10-9-11(13)7-5-3-4-6-8-12(14)16-2/h9H,3-8,10H2,1-2H3. The molecule has 0 N–H and O–H groups in total. The van der Waals surface area contributed by atoms with Crippen molar-refractivity contribution in [2.75, 3.05) is 20.8 Å². The lowest BCUT2D eigenvalue weighted by atomic mass is 10.1. The lowest BCUT2D eigenvalue weighted by molar-refractivity contribution is -0.140. The Labute approximate surface area is 103 Å². The lowest BCUT2D eigenvalue weighted by Gasteiger charge is -2.01. The number of carbonyl (C=O) groups excluding carboxylic acids is 1. The van der Waals surface area contributed by atoms with E-state index in [0.29, 0.717) is 13.0 Å². The Balaban J connectivity index is 3.30. The van der Waals surface area contributed by atoms with E-state index >= 15 is 0 Å². The van der Waals surface area contributed by atoms with Gasteiger partial charge in [-0.3, -0.25) is 4.79 Å². The van der Waals surface area contributed by atoms with Gasteiger partial charge in [0, 0.05) is 18.6 Å². The zero-order chi connectivity index (χ0) is 12.2. The Hall–Kier alpha value is -0.540. The molecule has 16 heavy (non-hydrogen) atoms. The molecule has 0 spiro atoms. The molecule has 0 rings (SSSR count). The number of carbonyl (C=O) groups is 1. The molecule has 0 aromatic rings. The maximum Gasteiger partial charge on any atom is 0.305 e. The zero-order valence-electron chi connectivity index (χ0n) is 10.1. The molecular weight excluding hydrogens is 228 g/mol. The Morgan fingerprint density at radius 2 is 1.75 bits per heavy atom. The number of ether oxygens (including phenoxy) is 2. The second kappa shape index (κ2) is 11.0. The summed E-state index contributed by atoms with van der Waals surface area (Å²) < 4.78 is 9.44. The summed E-state index contributed by atoms with van der Waals surface area (Å²) in [7, 11) is 3.07. The highest BCUT2D eigenvalue weighted by atomic mass is 35.5. The van der Waals surface area contributed by atoms with Gasteiger partial charge in [-0.15, -0.1) is 0 Å². The van der Waals surface area contributed by atoms with Crippen molar-refractivity contribution in [1.82, 2.24) is 0 Å². The van der Waals surface area contributed by atoms with Gasteiger partial charge in [-0.2, -0.15) is 0 Å². The zero-order valence-corrected chi connectivity index (χ0v) is 10.9. The van der Waals surface area contributed by atoms with Crippen molar-refractivity contribution < 1.29 is 14.3 Å². The van der Waals surface area contributed by atoms with Crippen LogP contribution in [0.2, 0.25) is 0 Å². The lowest BCUT2D eigenvalue weighted by Crippen LogP contribution is -1.99. The molecule has 0 aliphatic carbocycles. The molecule has 0 aliphatic heterocycles. The van der Waals surface area contributed by atoms with Crippen LogP contribution in [0.4, 0.5) is 0 Å². The number of halogens is 1. The van der Waals surface area contributed by atoms with Crippen LogP contribution >= 0.6 is 11.6 Å². The first-order chi connectivity index (χ1) is 7.70. The predicted molar refractivity (Wildman–Crippen MR) is 65.5 cm³/mol. The van der Waals surface area contributed by atoms with Gasteiger partial charge in [0.25, 0.3) is 0 Å². The smallest absolute Gasteiger partial charge is 0.305 e. The fourth-order valence-corrected chi connectivity index (χ4v) is 1.49. The molecule has 0 amide bonds. The van der Waals surface area contributed by atoms with Gasteiger partial charge in [0.15, 0.2) is 0 Å². The Bertz CT molecular complexity index is 214. The second-order valence-electron chi connectivity index (χ2n) is 3.60. The Morgan fingerprint density at radius 1 is 1.12 bits per heavy atom. The van der Waals surface area contributed by atoms with Crippen LogP contribution < -0.4 is 0 Å². The first-order valence-corrected chi connectivity index (χ1v) is 5.98. The normalized spacial score (nSPS) is 11.6.